The van der Waals surface area contributed by atoms with Gasteiger partial charge in [-0.1, -0.05) is 40.6 Å². The Labute approximate surface area is 116 Å². The minimum atomic E-state index is -0.746. The molecule has 1 atom stereocenters. The summed E-state index contributed by atoms with van der Waals surface area (Å²) in [6.45, 7) is 1.92. The third-order valence-corrected chi connectivity index (χ3v) is 4.20. The standard InChI is InChI=1S/C15H17BrO2/c1-2-14(15(17)18)12-4-3-11(9-12)10-5-7-13(16)8-6-10/h5-8,11H,2-4,9H2,1H3,(H,17,18)/t11-/m1/s1. The minimum Gasteiger partial charge on any atom is -0.478 e. The van der Waals surface area contributed by atoms with Crippen LogP contribution in [0.25, 0.3) is 0 Å². The van der Waals surface area contributed by atoms with Gasteiger partial charge in [-0.3, -0.25) is 0 Å². The van der Waals surface area contributed by atoms with Gasteiger partial charge in [-0.05, 0) is 49.3 Å². The van der Waals surface area contributed by atoms with Crippen LogP contribution in [0.2, 0.25) is 0 Å². The van der Waals surface area contributed by atoms with E-state index in [1.165, 1.54) is 5.56 Å². The van der Waals surface area contributed by atoms with E-state index in [1.54, 1.807) is 0 Å². The zero-order chi connectivity index (χ0) is 13.1. The van der Waals surface area contributed by atoms with E-state index in [4.69, 9.17) is 5.11 Å². The quantitative estimate of drug-likeness (QED) is 0.834. The zero-order valence-electron chi connectivity index (χ0n) is 10.4. The van der Waals surface area contributed by atoms with Gasteiger partial charge in [0.25, 0.3) is 0 Å². The number of hydrogen-bond donors (Lipinski definition) is 1. The van der Waals surface area contributed by atoms with Gasteiger partial charge in [-0.15, -0.1) is 0 Å². The topological polar surface area (TPSA) is 37.3 Å². The maximum Gasteiger partial charge on any atom is 0.331 e. The molecule has 0 saturated heterocycles. The summed E-state index contributed by atoms with van der Waals surface area (Å²) in [6.07, 6.45) is 3.51. The fraction of sp³-hybridized carbons (Fsp3) is 0.400. The lowest BCUT2D eigenvalue weighted by Crippen LogP contribution is -2.02. The number of benzene rings is 1. The Morgan fingerprint density at radius 3 is 2.61 bits per heavy atom. The van der Waals surface area contributed by atoms with Crippen LogP contribution in [0, 0.1) is 0 Å². The molecular weight excluding hydrogens is 292 g/mol. The van der Waals surface area contributed by atoms with Gasteiger partial charge in [0.2, 0.25) is 0 Å². The molecule has 1 aliphatic rings. The molecule has 0 unspecified atom stereocenters. The van der Waals surface area contributed by atoms with Crippen LogP contribution in [-0.2, 0) is 4.79 Å². The van der Waals surface area contributed by atoms with Crippen LogP contribution < -0.4 is 0 Å². The molecular formula is C15H17BrO2. The summed E-state index contributed by atoms with van der Waals surface area (Å²) in [5, 5.41) is 9.16. The molecule has 1 N–H and O–H groups in total. The van der Waals surface area contributed by atoms with Crippen LogP contribution >= 0.6 is 15.9 Å². The van der Waals surface area contributed by atoms with Crippen molar-refractivity contribution in [2.24, 2.45) is 0 Å². The highest BCUT2D eigenvalue weighted by Gasteiger charge is 2.24. The molecule has 1 aliphatic carbocycles. The summed E-state index contributed by atoms with van der Waals surface area (Å²) >= 11 is 3.43. The number of carboxylic acid groups (broad SMARTS) is 1. The number of carbonyl (C=O) groups is 1. The van der Waals surface area contributed by atoms with Gasteiger partial charge in [0.1, 0.15) is 0 Å². The van der Waals surface area contributed by atoms with E-state index in [0.29, 0.717) is 17.9 Å². The SMILES string of the molecule is CCC(C(=O)O)=C1CC[C@@H](c2ccc(Br)cc2)C1. The molecule has 0 radical (unpaired) electrons. The predicted octanol–water partition coefficient (Wildman–Crippen LogP) is 4.51. The number of rotatable bonds is 3. The molecule has 0 aromatic heterocycles. The van der Waals surface area contributed by atoms with E-state index in [2.05, 4.69) is 40.2 Å². The molecule has 1 aromatic rings. The maximum absolute atomic E-state index is 11.1. The van der Waals surface area contributed by atoms with Crippen molar-refractivity contribution >= 4 is 21.9 Å². The van der Waals surface area contributed by atoms with Crippen molar-refractivity contribution in [2.45, 2.75) is 38.5 Å². The lowest BCUT2D eigenvalue weighted by molar-refractivity contribution is -0.132. The molecule has 96 valence electrons. The van der Waals surface area contributed by atoms with Gasteiger partial charge in [0.05, 0.1) is 0 Å². The average molecular weight is 309 g/mol. The molecule has 0 bridgehead atoms. The Balaban J connectivity index is 2.17. The molecule has 1 fully saturated rings. The summed E-state index contributed by atoms with van der Waals surface area (Å²) in [7, 11) is 0. The van der Waals surface area contributed by atoms with Crippen LogP contribution in [-0.4, -0.2) is 11.1 Å². The highest BCUT2D eigenvalue weighted by Crippen LogP contribution is 2.40. The number of halogens is 1. The molecule has 0 amide bonds. The van der Waals surface area contributed by atoms with Crippen molar-refractivity contribution in [3.63, 3.8) is 0 Å². The maximum atomic E-state index is 11.1. The molecule has 18 heavy (non-hydrogen) atoms. The van der Waals surface area contributed by atoms with E-state index in [0.717, 1.165) is 29.3 Å². The van der Waals surface area contributed by atoms with Crippen molar-refractivity contribution in [1.82, 2.24) is 0 Å². The molecule has 1 saturated carbocycles. The average Bonchev–Trinajstić information content (AvgIpc) is 2.80. The van der Waals surface area contributed by atoms with E-state index < -0.39 is 5.97 Å². The number of hydrogen-bond acceptors (Lipinski definition) is 1. The van der Waals surface area contributed by atoms with Crippen LogP contribution in [0.4, 0.5) is 0 Å². The molecule has 0 aliphatic heterocycles. The smallest absolute Gasteiger partial charge is 0.331 e. The highest BCUT2D eigenvalue weighted by atomic mass is 79.9. The third-order valence-electron chi connectivity index (χ3n) is 3.67. The first kappa shape index (κ1) is 13.3. The summed E-state index contributed by atoms with van der Waals surface area (Å²) in [4.78, 5) is 11.1. The van der Waals surface area contributed by atoms with Gasteiger partial charge in [-0.2, -0.15) is 0 Å². The van der Waals surface area contributed by atoms with Crippen molar-refractivity contribution in [3.05, 3.63) is 45.4 Å². The van der Waals surface area contributed by atoms with Gasteiger partial charge < -0.3 is 5.11 Å². The van der Waals surface area contributed by atoms with E-state index in [1.807, 2.05) is 6.92 Å². The second kappa shape index (κ2) is 5.70. The lowest BCUT2D eigenvalue weighted by atomic mass is 9.96. The molecule has 0 spiro atoms. The second-order valence-electron chi connectivity index (χ2n) is 4.73. The third kappa shape index (κ3) is 2.83. The second-order valence-corrected chi connectivity index (χ2v) is 5.65. The normalized spacial score (nSPS) is 22.0. The minimum absolute atomic E-state index is 0.481. The van der Waals surface area contributed by atoms with Gasteiger partial charge in [-0.25, -0.2) is 4.79 Å². The molecule has 2 nitrogen and oxygen atoms in total. The Kier molecular flexibility index (Phi) is 4.23. The summed E-state index contributed by atoms with van der Waals surface area (Å²) < 4.78 is 1.08. The largest absolute Gasteiger partial charge is 0.478 e. The van der Waals surface area contributed by atoms with Crippen LogP contribution in [0.3, 0.4) is 0 Å². The Bertz CT molecular complexity index is 474. The summed E-state index contributed by atoms with van der Waals surface area (Å²) in [5.74, 6) is -0.266. The van der Waals surface area contributed by atoms with Crippen LogP contribution in [0.15, 0.2) is 39.9 Å². The van der Waals surface area contributed by atoms with Crippen molar-refractivity contribution < 1.29 is 9.90 Å². The number of aliphatic carboxylic acids is 1. The molecule has 1 aromatic carbocycles. The van der Waals surface area contributed by atoms with Crippen molar-refractivity contribution in [3.8, 4) is 0 Å². The summed E-state index contributed by atoms with van der Waals surface area (Å²) in [6, 6.07) is 8.36. The van der Waals surface area contributed by atoms with Gasteiger partial charge >= 0.3 is 5.97 Å². The van der Waals surface area contributed by atoms with E-state index >= 15 is 0 Å². The lowest BCUT2D eigenvalue weighted by Gasteiger charge is -2.09. The summed E-state index contributed by atoms with van der Waals surface area (Å²) in [5.41, 5.74) is 3.07. The molecule has 0 heterocycles. The van der Waals surface area contributed by atoms with Crippen LogP contribution in [0.1, 0.15) is 44.1 Å². The van der Waals surface area contributed by atoms with E-state index in [-0.39, 0.29) is 0 Å². The van der Waals surface area contributed by atoms with Crippen molar-refractivity contribution in [1.29, 1.82) is 0 Å². The van der Waals surface area contributed by atoms with Crippen LogP contribution in [0.5, 0.6) is 0 Å². The Hall–Kier alpha value is -1.09. The molecule has 2 rings (SSSR count). The fourth-order valence-electron chi connectivity index (χ4n) is 2.70. The first-order valence-corrected chi connectivity index (χ1v) is 7.10. The zero-order valence-corrected chi connectivity index (χ0v) is 12.0. The van der Waals surface area contributed by atoms with Gasteiger partial charge in [0, 0.05) is 10.0 Å². The Morgan fingerprint density at radius 2 is 2.06 bits per heavy atom. The predicted molar refractivity (Wildman–Crippen MR) is 75.7 cm³/mol. The van der Waals surface area contributed by atoms with Gasteiger partial charge in [0.15, 0.2) is 0 Å². The first-order valence-electron chi connectivity index (χ1n) is 6.31. The van der Waals surface area contributed by atoms with Crippen molar-refractivity contribution in [2.75, 3.05) is 0 Å². The monoisotopic (exact) mass is 308 g/mol. The highest BCUT2D eigenvalue weighted by molar-refractivity contribution is 9.10. The fourth-order valence-corrected chi connectivity index (χ4v) is 2.96. The number of carboxylic acids is 1. The molecule has 3 heteroatoms. The Morgan fingerprint density at radius 1 is 1.39 bits per heavy atom. The van der Waals surface area contributed by atoms with E-state index in [9.17, 15) is 4.79 Å². The number of allylic oxidation sites excluding steroid dienone is 1. The first-order chi connectivity index (χ1) is 8.61.